The molecule has 0 bridgehead atoms. The van der Waals surface area contributed by atoms with Gasteiger partial charge in [0.15, 0.2) is 0 Å². The molecule has 0 heterocycles. The highest BCUT2D eigenvalue weighted by Gasteiger charge is 2.27. The molecule has 238 valence electrons. The van der Waals surface area contributed by atoms with E-state index in [1.165, 1.54) is 64.2 Å². The monoisotopic (exact) mass is 596 g/mol. The Labute approximate surface area is 242 Å². The molecule has 3 N–H and O–H groups in total. The maximum atomic E-state index is 12.1. The van der Waals surface area contributed by atoms with E-state index in [2.05, 4.69) is 6.92 Å². The Morgan fingerprint density at radius 3 is 1.23 bits per heavy atom. The van der Waals surface area contributed by atoms with Gasteiger partial charge in [0.2, 0.25) is 0 Å². The van der Waals surface area contributed by atoms with Crippen LogP contribution in [-0.4, -0.2) is 65.7 Å². The van der Waals surface area contributed by atoms with E-state index in [9.17, 15) is 29.3 Å². The minimum Gasteiger partial charge on any atom is -0.457 e. The number of phosphoric ester groups is 1. The summed E-state index contributed by atoms with van der Waals surface area (Å²) in [7, 11) is -4.60. The molecule has 3 unspecified atom stereocenters. The Morgan fingerprint density at radius 1 is 0.575 bits per heavy atom. The summed E-state index contributed by atoms with van der Waals surface area (Å²) in [4.78, 5) is 33.7. The second kappa shape index (κ2) is 26.8. The van der Waals surface area contributed by atoms with Crippen molar-refractivity contribution in [2.24, 2.45) is 0 Å². The Bertz CT molecular complexity index is 661. The van der Waals surface area contributed by atoms with Crippen LogP contribution < -0.4 is 0 Å². The van der Waals surface area contributed by atoms with Gasteiger partial charge >= 0.3 is 19.8 Å². The van der Waals surface area contributed by atoms with Gasteiger partial charge in [-0.2, -0.15) is 0 Å². The lowest BCUT2D eigenvalue weighted by atomic mass is 10.0. The van der Waals surface area contributed by atoms with Gasteiger partial charge in [0.25, 0.3) is 0 Å². The minimum atomic E-state index is -4.60. The molecule has 0 rings (SSSR count). The Balaban J connectivity index is 3.95. The molecule has 0 aromatic rings. The number of hydrogen-bond donors (Lipinski definition) is 3. The van der Waals surface area contributed by atoms with Crippen LogP contribution in [-0.2, 0) is 32.7 Å². The second-order valence-corrected chi connectivity index (χ2v) is 11.9. The minimum absolute atomic E-state index is 0.181. The van der Waals surface area contributed by atoms with Gasteiger partial charge in [0.1, 0.15) is 12.2 Å². The number of phosphoric acid groups is 1. The van der Waals surface area contributed by atoms with Gasteiger partial charge in [0, 0.05) is 12.8 Å². The predicted molar refractivity (Wildman–Crippen MR) is 155 cm³/mol. The first-order chi connectivity index (χ1) is 19.3. The lowest BCUT2D eigenvalue weighted by Crippen LogP contribution is -2.28. The van der Waals surface area contributed by atoms with Crippen molar-refractivity contribution >= 4 is 19.8 Å². The zero-order chi connectivity index (χ0) is 29.9. The molecule has 0 amide bonds. The summed E-state index contributed by atoms with van der Waals surface area (Å²) in [5.74, 6) is -1.04. The molecule has 0 saturated heterocycles. The number of aliphatic hydroxyl groups is 2. The summed E-state index contributed by atoms with van der Waals surface area (Å²) in [6.45, 7) is 1.97. The summed E-state index contributed by atoms with van der Waals surface area (Å²) in [6.07, 6.45) is 17.6. The summed E-state index contributed by atoms with van der Waals surface area (Å²) in [5.41, 5.74) is 0. The molecule has 0 aromatic carbocycles. The molecule has 0 radical (unpaired) electrons. The van der Waals surface area contributed by atoms with Crippen molar-refractivity contribution in [2.75, 3.05) is 26.4 Å². The SMILES string of the molecule is CCCCCCCCCCCCCCCCC(=O)OC(CO)COP(=O)(O)OCC(CO)OC(=O)CCCCC. The standard InChI is InChI=1S/C29H57O10P/c1-3-5-7-8-9-10-11-12-13-14-15-16-17-19-21-29(33)39-27(23-31)25-37-40(34,35)36-24-26(22-30)38-28(32)20-18-6-4-2/h26-27,30-31H,3-25H2,1-2H3,(H,34,35). The quantitative estimate of drug-likeness (QED) is 0.0504. The summed E-state index contributed by atoms with van der Waals surface area (Å²) >= 11 is 0. The third kappa shape index (κ3) is 24.7. The number of aliphatic hydroxyl groups excluding tert-OH is 2. The van der Waals surface area contributed by atoms with Crippen LogP contribution >= 0.6 is 7.82 Å². The van der Waals surface area contributed by atoms with Crippen molar-refractivity contribution in [1.29, 1.82) is 0 Å². The zero-order valence-corrected chi connectivity index (χ0v) is 26.0. The molecule has 0 aliphatic carbocycles. The molecule has 10 nitrogen and oxygen atoms in total. The van der Waals surface area contributed by atoms with E-state index in [1.54, 1.807) is 0 Å². The zero-order valence-electron chi connectivity index (χ0n) is 25.1. The van der Waals surface area contributed by atoms with Crippen LogP contribution in [0.2, 0.25) is 0 Å². The largest absolute Gasteiger partial charge is 0.472 e. The van der Waals surface area contributed by atoms with Crippen molar-refractivity contribution in [3.8, 4) is 0 Å². The van der Waals surface area contributed by atoms with Crippen molar-refractivity contribution < 1.29 is 47.8 Å². The number of carbonyl (C=O) groups excluding carboxylic acids is 2. The number of carbonyl (C=O) groups is 2. The maximum absolute atomic E-state index is 12.1. The van der Waals surface area contributed by atoms with E-state index < -0.39 is 58.4 Å². The predicted octanol–water partition coefficient (Wildman–Crippen LogP) is 6.38. The van der Waals surface area contributed by atoms with Gasteiger partial charge < -0.3 is 24.6 Å². The molecule has 0 aliphatic heterocycles. The Kier molecular flexibility index (Phi) is 26.2. The van der Waals surface area contributed by atoms with Gasteiger partial charge in [-0.3, -0.25) is 18.6 Å². The fraction of sp³-hybridized carbons (Fsp3) is 0.931. The summed E-state index contributed by atoms with van der Waals surface area (Å²) < 4.78 is 31.9. The molecule has 40 heavy (non-hydrogen) atoms. The molecule has 11 heteroatoms. The number of esters is 2. The van der Waals surface area contributed by atoms with Gasteiger partial charge in [-0.15, -0.1) is 0 Å². The first-order valence-corrected chi connectivity index (χ1v) is 17.0. The fourth-order valence-electron chi connectivity index (χ4n) is 4.11. The van der Waals surface area contributed by atoms with Gasteiger partial charge in [-0.05, 0) is 12.8 Å². The van der Waals surface area contributed by atoms with Crippen LogP contribution in [0.25, 0.3) is 0 Å². The third-order valence-corrected chi connectivity index (χ3v) is 7.52. The fourth-order valence-corrected chi connectivity index (χ4v) is 4.90. The summed E-state index contributed by atoms with van der Waals surface area (Å²) in [5, 5.41) is 18.8. The van der Waals surface area contributed by atoms with Crippen LogP contribution in [0.1, 0.15) is 136 Å². The topological polar surface area (TPSA) is 149 Å². The maximum Gasteiger partial charge on any atom is 0.472 e. The first kappa shape index (κ1) is 39.0. The smallest absolute Gasteiger partial charge is 0.457 e. The summed E-state index contributed by atoms with van der Waals surface area (Å²) in [6, 6.07) is 0. The average molecular weight is 597 g/mol. The van der Waals surface area contributed by atoms with Gasteiger partial charge in [-0.25, -0.2) is 4.57 Å². The highest BCUT2D eigenvalue weighted by molar-refractivity contribution is 7.47. The van der Waals surface area contributed by atoms with Crippen molar-refractivity contribution in [1.82, 2.24) is 0 Å². The first-order valence-electron chi connectivity index (χ1n) is 15.5. The van der Waals surface area contributed by atoms with Crippen molar-refractivity contribution in [3.63, 3.8) is 0 Å². The van der Waals surface area contributed by atoms with E-state index >= 15 is 0 Å². The van der Waals surface area contributed by atoms with Crippen LogP contribution in [0.3, 0.4) is 0 Å². The molecule has 3 atom stereocenters. The third-order valence-electron chi connectivity index (χ3n) is 6.57. The molecular formula is C29H57O10P. The highest BCUT2D eigenvalue weighted by atomic mass is 31.2. The molecule has 0 spiro atoms. The van der Waals surface area contributed by atoms with Crippen LogP contribution in [0.5, 0.6) is 0 Å². The second-order valence-electron chi connectivity index (χ2n) is 10.5. The molecule has 0 fully saturated rings. The van der Waals surface area contributed by atoms with Crippen LogP contribution in [0, 0.1) is 0 Å². The van der Waals surface area contributed by atoms with Crippen molar-refractivity contribution in [3.05, 3.63) is 0 Å². The van der Waals surface area contributed by atoms with E-state index in [1.807, 2.05) is 6.92 Å². The number of hydrogen-bond acceptors (Lipinski definition) is 9. The lowest BCUT2D eigenvalue weighted by Gasteiger charge is -2.20. The molecular weight excluding hydrogens is 539 g/mol. The van der Waals surface area contributed by atoms with Gasteiger partial charge in [0.05, 0.1) is 26.4 Å². The van der Waals surface area contributed by atoms with E-state index in [-0.39, 0.29) is 12.8 Å². The van der Waals surface area contributed by atoms with E-state index in [4.69, 9.17) is 18.5 Å². The normalized spacial score (nSPS) is 14.4. The average Bonchev–Trinajstić information content (AvgIpc) is 2.93. The Hall–Kier alpha value is -1.03. The van der Waals surface area contributed by atoms with Crippen molar-refractivity contribution in [2.45, 2.75) is 148 Å². The highest BCUT2D eigenvalue weighted by Crippen LogP contribution is 2.43. The van der Waals surface area contributed by atoms with Gasteiger partial charge in [-0.1, -0.05) is 110 Å². The number of rotatable bonds is 29. The van der Waals surface area contributed by atoms with Crippen LogP contribution in [0.15, 0.2) is 0 Å². The number of unbranched alkanes of at least 4 members (excludes halogenated alkanes) is 15. The molecule has 0 aromatic heterocycles. The lowest BCUT2D eigenvalue weighted by molar-refractivity contribution is -0.153. The number of ether oxygens (including phenoxy) is 2. The molecule has 0 saturated carbocycles. The Morgan fingerprint density at radius 2 is 0.875 bits per heavy atom. The molecule has 0 aliphatic rings. The van der Waals surface area contributed by atoms with Crippen LogP contribution in [0.4, 0.5) is 0 Å². The van der Waals surface area contributed by atoms with E-state index in [0.29, 0.717) is 12.8 Å². The van der Waals surface area contributed by atoms with E-state index in [0.717, 1.165) is 32.1 Å².